The Morgan fingerprint density at radius 3 is 3.04 bits per heavy atom. The third kappa shape index (κ3) is 5.34. The Morgan fingerprint density at radius 1 is 1.28 bits per heavy atom. The zero-order valence-corrected chi connectivity index (χ0v) is 15.0. The summed E-state index contributed by atoms with van der Waals surface area (Å²) in [6, 6.07) is 8.40. The van der Waals surface area contributed by atoms with E-state index in [2.05, 4.69) is 28.6 Å². The van der Waals surface area contributed by atoms with E-state index in [0.717, 1.165) is 50.7 Å². The van der Waals surface area contributed by atoms with E-state index >= 15 is 0 Å². The van der Waals surface area contributed by atoms with Crippen molar-refractivity contribution in [1.29, 1.82) is 0 Å². The van der Waals surface area contributed by atoms with Crippen molar-refractivity contribution in [2.24, 2.45) is 4.99 Å². The minimum atomic E-state index is 0.218. The summed E-state index contributed by atoms with van der Waals surface area (Å²) in [7, 11) is 0. The fourth-order valence-electron chi connectivity index (χ4n) is 3.19. The molecule has 0 spiro atoms. The highest BCUT2D eigenvalue weighted by molar-refractivity contribution is 5.80. The van der Waals surface area contributed by atoms with Crippen LogP contribution >= 0.6 is 0 Å². The van der Waals surface area contributed by atoms with Crippen LogP contribution in [0.3, 0.4) is 0 Å². The van der Waals surface area contributed by atoms with Gasteiger partial charge in [0.25, 0.3) is 0 Å². The molecule has 1 fully saturated rings. The van der Waals surface area contributed by atoms with Gasteiger partial charge in [-0.3, -0.25) is 4.99 Å². The van der Waals surface area contributed by atoms with Crippen LogP contribution in [-0.4, -0.2) is 51.6 Å². The normalized spacial score (nSPS) is 23.0. The molecule has 0 bridgehead atoms. The average Bonchev–Trinajstić information content (AvgIpc) is 3.15. The molecule has 1 aromatic rings. The molecule has 2 atom stereocenters. The van der Waals surface area contributed by atoms with Crippen molar-refractivity contribution in [2.75, 3.05) is 39.5 Å². The van der Waals surface area contributed by atoms with Crippen LogP contribution in [0.5, 0.6) is 5.75 Å². The molecule has 25 heavy (non-hydrogen) atoms. The van der Waals surface area contributed by atoms with Gasteiger partial charge in [0.2, 0.25) is 0 Å². The molecule has 6 nitrogen and oxygen atoms in total. The van der Waals surface area contributed by atoms with Crippen molar-refractivity contribution in [3.8, 4) is 5.75 Å². The first-order chi connectivity index (χ1) is 12.4. The van der Waals surface area contributed by atoms with Crippen LogP contribution in [-0.2, 0) is 9.47 Å². The van der Waals surface area contributed by atoms with Crippen LogP contribution in [0.1, 0.15) is 37.8 Å². The van der Waals surface area contributed by atoms with Crippen LogP contribution in [0.15, 0.2) is 29.3 Å². The van der Waals surface area contributed by atoms with Crippen molar-refractivity contribution < 1.29 is 14.2 Å². The highest BCUT2D eigenvalue weighted by Crippen LogP contribution is 2.31. The van der Waals surface area contributed by atoms with Crippen molar-refractivity contribution in [3.63, 3.8) is 0 Å². The second kappa shape index (κ2) is 9.63. The van der Waals surface area contributed by atoms with Gasteiger partial charge in [-0.2, -0.15) is 0 Å². The van der Waals surface area contributed by atoms with Crippen LogP contribution < -0.4 is 15.4 Å². The van der Waals surface area contributed by atoms with Gasteiger partial charge in [0.05, 0.1) is 38.5 Å². The topological polar surface area (TPSA) is 64.1 Å². The van der Waals surface area contributed by atoms with Gasteiger partial charge in [0.1, 0.15) is 5.75 Å². The van der Waals surface area contributed by atoms with Gasteiger partial charge in [-0.05, 0) is 25.8 Å². The Hall–Kier alpha value is -1.79. The van der Waals surface area contributed by atoms with Gasteiger partial charge < -0.3 is 24.8 Å². The minimum absolute atomic E-state index is 0.218. The van der Waals surface area contributed by atoms with E-state index in [1.807, 2.05) is 18.2 Å². The fraction of sp³-hybridized carbons (Fsp3) is 0.632. The molecule has 2 aliphatic heterocycles. The Kier molecular flexibility index (Phi) is 6.94. The molecule has 0 amide bonds. The molecule has 6 heteroatoms. The maximum Gasteiger partial charge on any atom is 0.191 e. The number of nitrogens with one attached hydrogen (secondary N) is 2. The Bertz CT molecular complexity index is 559. The lowest BCUT2D eigenvalue weighted by molar-refractivity contribution is 0.0200. The number of hydrogen-bond acceptors (Lipinski definition) is 4. The number of hydrogen-bond donors (Lipinski definition) is 2. The molecule has 0 saturated carbocycles. The van der Waals surface area contributed by atoms with Crippen LogP contribution in [0, 0.1) is 0 Å². The number of guanidine groups is 1. The molecule has 2 N–H and O–H groups in total. The molecule has 1 saturated heterocycles. The predicted octanol–water partition coefficient (Wildman–Crippen LogP) is 2.26. The largest absolute Gasteiger partial charge is 0.493 e. The molecule has 138 valence electrons. The lowest BCUT2D eigenvalue weighted by atomic mass is 10.0. The van der Waals surface area contributed by atoms with Crippen LogP contribution in [0.2, 0.25) is 0 Å². The molecular weight excluding hydrogens is 318 g/mol. The summed E-state index contributed by atoms with van der Waals surface area (Å²) in [5.41, 5.74) is 1.19. The van der Waals surface area contributed by atoms with Crippen molar-refractivity contribution in [3.05, 3.63) is 29.8 Å². The fourth-order valence-corrected chi connectivity index (χ4v) is 3.19. The summed E-state index contributed by atoms with van der Waals surface area (Å²) in [6.45, 7) is 6.41. The smallest absolute Gasteiger partial charge is 0.191 e. The number of aliphatic imine (C=N–C) groups is 1. The van der Waals surface area contributed by atoms with E-state index in [1.165, 1.54) is 5.56 Å². The standard InChI is InChI=1S/C19H29N3O3/c1-2-20-19(21-10-13-23-14-15-6-5-11-24-15)22-17-9-12-25-18-8-4-3-7-16(17)18/h3-4,7-8,15,17H,2,5-6,9-14H2,1H3,(H2,20,21,22). The summed E-state index contributed by atoms with van der Waals surface area (Å²) in [5.74, 6) is 1.78. The maximum absolute atomic E-state index is 5.72. The summed E-state index contributed by atoms with van der Waals surface area (Å²) in [5, 5.41) is 6.83. The Balaban J connectivity index is 1.49. The van der Waals surface area contributed by atoms with E-state index in [1.54, 1.807) is 0 Å². The van der Waals surface area contributed by atoms with Gasteiger partial charge in [-0.15, -0.1) is 0 Å². The highest BCUT2D eigenvalue weighted by atomic mass is 16.5. The summed E-state index contributed by atoms with van der Waals surface area (Å²) >= 11 is 0. The number of benzene rings is 1. The predicted molar refractivity (Wildman–Crippen MR) is 98.2 cm³/mol. The zero-order valence-electron chi connectivity index (χ0n) is 15.0. The second-order valence-electron chi connectivity index (χ2n) is 6.34. The first-order valence-electron chi connectivity index (χ1n) is 9.32. The van der Waals surface area contributed by atoms with E-state index in [4.69, 9.17) is 14.2 Å². The first-order valence-corrected chi connectivity index (χ1v) is 9.32. The number of para-hydroxylation sites is 1. The molecule has 3 rings (SSSR count). The molecular formula is C19H29N3O3. The molecule has 0 aromatic heterocycles. The molecule has 0 aliphatic carbocycles. The molecule has 2 aliphatic rings. The van der Waals surface area contributed by atoms with Crippen molar-refractivity contribution in [1.82, 2.24) is 10.6 Å². The SMILES string of the molecule is CCNC(=NCCOCC1CCCO1)NC1CCOc2ccccc21. The maximum atomic E-state index is 5.72. The van der Waals surface area contributed by atoms with Gasteiger partial charge in [-0.1, -0.05) is 18.2 Å². The second-order valence-corrected chi connectivity index (χ2v) is 6.34. The minimum Gasteiger partial charge on any atom is -0.493 e. The van der Waals surface area contributed by atoms with Crippen LogP contribution in [0.4, 0.5) is 0 Å². The van der Waals surface area contributed by atoms with Gasteiger partial charge in [0.15, 0.2) is 5.96 Å². The molecule has 2 unspecified atom stereocenters. The summed E-state index contributed by atoms with van der Waals surface area (Å²) in [6.07, 6.45) is 3.45. The van der Waals surface area contributed by atoms with E-state index in [9.17, 15) is 0 Å². The van der Waals surface area contributed by atoms with Gasteiger partial charge >= 0.3 is 0 Å². The summed E-state index contributed by atoms with van der Waals surface area (Å²) in [4.78, 5) is 4.63. The highest BCUT2D eigenvalue weighted by Gasteiger charge is 2.21. The number of ether oxygens (including phenoxy) is 3. The van der Waals surface area contributed by atoms with E-state index < -0.39 is 0 Å². The number of nitrogens with zero attached hydrogens (tertiary/aromatic N) is 1. The van der Waals surface area contributed by atoms with Crippen molar-refractivity contribution in [2.45, 2.75) is 38.3 Å². The first kappa shape index (κ1) is 18.0. The lowest BCUT2D eigenvalue weighted by Crippen LogP contribution is -2.41. The zero-order chi connectivity index (χ0) is 17.3. The molecule has 2 heterocycles. The monoisotopic (exact) mass is 347 g/mol. The van der Waals surface area contributed by atoms with Crippen molar-refractivity contribution >= 4 is 5.96 Å². The van der Waals surface area contributed by atoms with E-state index in [0.29, 0.717) is 19.8 Å². The third-order valence-electron chi connectivity index (χ3n) is 4.45. The quantitative estimate of drug-likeness (QED) is 0.450. The molecule has 1 aromatic carbocycles. The molecule has 0 radical (unpaired) electrons. The van der Waals surface area contributed by atoms with Gasteiger partial charge in [-0.25, -0.2) is 0 Å². The lowest BCUT2D eigenvalue weighted by Gasteiger charge is -2.28. The number of rotatable bonds is 7. The van der Waals surface area contributed by atoms with E-state index in [-0.39, 0.29) is 12.1 Å². The Morgan fingerprint density at radius 2 is 2.20 bits per heavy atom. The Labute approximate surface area is 149 Å². The average molecular weight is 347 g/mol. The third-order valence-corrected chi connectivity index (χ3v) is 4.45. The summed E-state index contributed by atoms with van der Waals surface area (Å²) < 4.78 is 17.0. The van der Waals surface area contributed by atoms with Gasteiger partial charge in [0, 0.05) is 25.1 Å². The number of fused-ring (bicyclic) bond motifs is 1. The van der Waals surface area contributed by atoms with Crippen LogP contribution in [0.25, 0.3) is 0 Å².